The van der Waals surface area contributed by atoms with Crippen LogP contribution in [-0.4, -0.2) is 34.0 Å². The van der Waals surface area contributed by atoms with Crippen molar-refractivity contribution in [3.8, 4) is 0 Å². The van der Waals surface area contributed by atoms with Gasteiger partial charge in [-0.1, -0.05) is 0 Å². The van der Waals surface area contributed by atoms with E-state index in [4.69, 9.17) is 0 Å². The van der Waals surface area contributed by atoms with E-state index in [1.807, 2.05) is 10.7 Å². The number of rotatable bonds is 3. The number of fused-ring (bicyclic) bond motifs is 2. The molecule has 23 heavy (non-hydrogen) atoms. The molecule has 1 aliphatic carbocycles. The SMILES string of the molecule is Cn1nc2c(c1S(=O)(=O)NC1CCn3nccc3C1)CCCC2. The Morgan fingerprint density at radius 1 is 1.30 bits per heavy atom. The highest BCUT2D eigenvalue weighted by Crippen LogP contribution is 2.27. The van der Waals surface area contributed by atoms with Gasteiger partial charge in [0.25, 0.3) is 10.0 Å². The third-order valence-corrected chi connectivity index (χ3v) is 6.45. The lowest BCUT2D eigenvalue weighted by Gasteiger charge is -2.24. The molecule has 1 unspecified atom stereocenters. The maximum absolute atomic E-state index is 12.9. The Morgan fingerprint density at radius 2 is 2.13 bits per heavy atom. The molecule has 0 spiro atoms. The molecule has 4 rings (SSSR count). The summed E-state index contributed by atoms with van der Waals surface area (Å²) in [5, 5.41) is 9.01. The molecular weight excluding hydrogens is 314 g/mol. The molecular formula is C15H21N5O2S. The fourth-order valence-corrected chi connectivity index (χ4v) is 5.42. The average Bonchev–Trinajstić information content (AvgIpc) is 3.09. The molecule has 1 atom stereocenters. The Morgan fingerprint density at radius 3 is 3.00 bits per heavy atom. The summed E-state index contributed by atoms with van der Waals surface area (Å²) >= 11 is 0. The van der Waals surface area contributed by atoms with Gasteiger partial charge in [0.2, 0.25) is 0 Å². The Labute approximate surface area is 135 Å². The van der Waals surface area contributed by atoms with Crippen LogP contribution in [0.15, 0.2) is 17.3 Å². The van der Waals surface area contributed by atoms with E-state index in [1.165, 1.54) is 4.68 Å². The average molecular weight is 335 g/mol. The molecule has 2 aromatic heterocycles. The topological polar surface area (TPSA) is 81.8 Å². The molecule has 2 aromatic rings. The second-order valence-corrected chi connectivity index (χ2v) is 8.05. The van der Waals surface area contributed by atoms with Crippen LogP contribution >= 0.6 is 0 Å². The van der Waals surface area contributed by atoms with Gasteiger partial charge in [0.15, 0.2) is 5.03 Å². The number of sulfonamides is 1. The molecule has 3 heterocycles. The minimum absolute atomic E-state index is 0.0849. The fourth-order valence-electron chi connectivity index (χ4n) is 3.73. The van der Waals surface area contributed by atoms with Gasteiger partial charge >= 0.3 is 0 Å². The van der Waals surface area contributed by atoms with Crippen molar-refractivity contribution in [2.45, 2.75) is 56.1 Å². The molecule has 0 aromatic carbocycles. The van der Waals surface area contributed by atoms with Gasteiger partial charge in [0, 0.05) is 43.5 Å². The van der Waals surface area contributed by atoms with Crippen molar-refractivity contribution in [2.24, 2.45) is 7.05 Å². The number of nitrogens with one attached hydrogen (secondary N) is 1. The first-order valence-electron chi connectivity index (χ1n) is 8.12. The van der Waals surface area contributed by atoms with Crippen molar-refractivity contribution in [1.82, 2.24) is 24.3 Å². The predicted molar refractivity (Wildman–Crippen MR) is 84.5 cm³/mol. The van der Waals surface area contributed by atoms with E-state index in [2.05, 4.69) is 14.9 Å². The van der Waals surface area contributed by atoms with Crippen LogP contribution in [0.2, 0.25) is 0 Å². The summed E-state index contributed by atoms with van der Waals surface area (Å²) in [6.45, 7) is 0.749. The molecule has 0 radical (unpaired) electrons. The zero-order valence-corrected chi connectivity index (χ0v) is 14.0. The number of nitrogens with zero attached hydrogens (tertiary/aromatic N) is 4. The summed E-state index contributed by atoms with van der Waals surface area (Å²) in [6.07, 6.45) is 7.00. The second-order valence-electron chi connectivity index (χ2n) is 6.42. The monoisotopic (exact) mass is 335 g/mol. The summed E-state index contributed by atoms with van der Waals surface area (Å²) in [5.74, 6) is 0. The smallest absolute Gasteiger partial charge is 0.258 e. The summed E-state index contributed by atoms with van der Waals surface area (Å²) in [4.78, 5) is 0. The van der Waals surface area contributed by atoms with E-state index in [0.717, 1.165) is 55.6 Å². The van der Waals surface area contributed by atoms with Crippen molar-refractivity contribution in [2.75, 3.05) is 0 Å². The number of hydrogen-bond acceptors (Lipinski definition) is 4. The molecule has 0 saturated carbocycles. The summed E-state index contributed by atoms with van der Waals surface area (Å²) in [7, 11) is -1.83. The van der Waals surface area contributed by atoms with Crippen molar-refractivity contribution < 1.29 is 8.42 Å². The van der Waals surface area contributed by atoms with Gasteiger partial charge in [0.05, 0.1) is 5.69 Å². The van der Waals surface area contributed by atoms with Crippen LogP contribution in [0.3, 0.4) is 0 Å². The molecule has 1 N–H and O–H groups in total. The van der Waals surface area contributed by atoms with Crippen molar-refractivity contribution in [1.29, 1.82) is 0 Å². The van der Waals surface area contributed by atoms with Crippen LogP contribution in [0.5, 0.6) is 0 Å². The van der Waals surface area contributed by atoms with Crippen LogP contribution in [0.25, 0.3) is 0 Å². The van der Waals surface area contributed by atoms with Crippen LogP contribution in [0, 0.1) is 0 Å². The van der Waals surface area contributed by atoms with E-state index >= 15 is 0 Å². The Hall–Kier alpha value is -1.67. The summed E-state index contributed by atoms with van der Waals surface area (Å²) in [5.41, 5.74) is 2.93. The highest BCUT2D eigenvalue weighted by atomic mass is 32.2. The minimum atomic E-state index is -3.55. The van der Waals surface area contributed by atoms with Gasteiger partial charge in [-0.05, 0) is 38.2 Å². The maximum atomic E-state index is 12.9. The minimum Gasteiger partial charge on any atom is -0.269 e. The van der Waals surface area contributed by atoms with Gasteiger partial charge in [-0.3, -0.25) is 9.36 Å². The normalized spacial score (nSPS) is 21.0. The van der Waals surface area contributed by atoms with E-state index in [-0.39, 0.29) is 6.04 Å². The summed E-state index contributed by atoms with van der Waals surface area (Å²) in [6, 6.07) is 1.87. The predicted octanol–water partition coefficient (Wildman–Crippen LogP) is 0.789. The molecule has 7 nitrogen and oxygen atoms in total. The first-order chi connectivity index (χ1) is 11.0. The molecule has 0 amide bonds. The lowest BCUT2D eigenvalue weighted by molar-refractivity contribution is 0.413. The van der Waals surface area contributed by atoms with Crippen LogP contribution in [0.4, 0.5) is 0 Å². The van der Waals surface area contributed by atoms with Gasteiger partial charge in [-0.2, -0.15) is 10.2 Å². The fraction of sp³-hybridized carbons (Fsp3) is 0.600. The zero-order valence-electron chi connectivity index (χ0n) is 13.2. The molecule has 0 saturated heterocycles. The Bertz CT molecular complexity index is 836. The molecule has 124 valence electrons. The van der Waals surface area contributed by atoms with Crippen molar-refractivity contribution in [3.63, 3.8) is 0 Å². The van der Waals surface area contributed by atoms with E-state index in [0.29, 0.717) is 11.4 Å². The molecule has 8 heteroatoms. The number of aromatic nitrogens is 4. The third kappa shape index (κ3) is 2.59. The largest absolute Gasteiger partial charge is 0.269 e. The summed E-state index contributed by atoms with van der Waals surface area (Å²) < 4.78 is 32.2. The zero-order chi connectivity index (χ0) is 16.0. The van der Waals surface area contributed by atoms with E-state index in [1.54, 1.807) is 13.2 Å². The first kappa shape index (κ1) is 14.9. The molecule has 0 fully saturated rings. The lowest BCUT2D eigenvalue weighted by atomic mass is 9.99. The van der Waals surface area contributed by atoms with Crippen LogP contribution in [-0.2, 0) is 42.9 Å². The first-order valence-corrected chi connectivity index (χ1v) is 9.61. The highest BCUT2D eigenvalue weighted by Gasteiger charge is 2.31. The second kappa shape index (κ2) is 5.45. The van der Waals surface area contributed by atoms with Crippen molar-refractivity contribution in [3.05, 3.63) is 29.2 Å². The van der Waals surface area contributed by atoms with Crippen LogP contribution in [0.1, 0.15) is 36.2 Å². The van der Waals surface area contributed by atoms with Gasteiger partial charge in [0.1, 0.15) is 0 Å². The molecule has 2 aliphatic rings. The van der Waals surface area contributed by atoms with E-state index < -0.39 is 10.0 Å². The molecule has 0 bridgehead atoms. The van der Waals surface area contributed by atoms with Gasteiger partial charge in [-0.25, -0.2) is 13.1 Å². The third-order valence-electron chi connectivity index (χ3n) is 4.79. The quantitative estimate of drug-likeness (QED) is 0.899. The molecule has 1 aliphatic heterocycles. The van der Waals surface area contributed by atoms with E-state index in [9.17, 15) is 8.42 Å². The Balaban J connectivity index is 1.61. The van der Waals surface area contributed by atoms with Gasteiger partial charge < -0.3 is 0 Å². The lowest BCUT2D eigenvalue weighted by Crippen LogP contribution is -2.41. The van der Waals surface area contributed by atoms with Crippen molar-refractivity contribution >= 4 is 10.0 Å². The number of aryl methyl sites for hydroxylation is 3. The Kier molecular flexibility index (Phi) is 3.53. The number of hydrogen-bond donors (Lipinski definition) is 1. The van der Waals surface area contributed by atoms with Gasteiger partial charge in [-0.15, -0.1) is 0 Å². The van der Waals surface area contributed by atoms with Crippen LogP contribution < -0.4 is 4.72 Å². The highest BCUT2D eigenvalue weighted by molar-refractivity contribution is 7.89. The maximum Gasteiger partial charge on any atom is 0.258 e. The standard InChI is InChI=1S/C15H21N5O2S/c1-19-15(13-4-2-3-5-14(13)17-19)23(21,22)18-11-7-9-20-12(10-11)6-8-16-20/h6,8,11,18H,2-5,7,9-10H2,1H3.